The zero-order valence-electron chi connectivity index (χ0n) is 10.8. The van der Waals surface area contributed by atoms with Crippen molar-refractivity contribution < 1.29 is 24.5 Å². The van der Waals surface area contributed by atoms with Crippen LogP contribution in [-0.4, -0.2) is 33.4 Å². The summed E-state index contributed by atoms with van der Waals surface area (Å²) < 4.78 is 6.91. The molecule has 0 aromatic heterocycles. The number of rotatable bonds is 4. The Hall–Kier alpha value is -1.18. The van der Waals surface area contributed by atoms with Crippen LogP contribution in [-0.2, 0) is 14.3 Å². The summed E-state index contributed by atoms with van der Waals surface area (Å²) in [6.45, 7) is 0. The molecule has 0 fully saturated rings. The average Bonchev–Trinajstić information content (AvgIpc) is 2.38. The molecule has 0 unspecified atom stereocenters. The molecule has 0 saturated heterocycles. The highest BCUT2D eigenvalue weighted by molar-refractivity contribution is 9.12. The van der Waals surface area contributed by atoms with Crippen molar-refractivity contribution >= 4 is 43.8 Å². The van der Waals surface area contributed by atoms with Gasteiger partial charge >= 0.3 is 11.9 Å². The van der Waals surface area contributed by atoms with Gasteiger partial charge in [0.25, 0.3) is 0 Å². The topological polar surface area (TPSA) is 83.8 Å². The summed E-state index contributed by atoms with van der Waals surface area (Å²) >= 11 is 6.49. The zero-order chi connectivity index (χ0) is 15.7. The number of allylic oxidation sites excluding steroid dienone is 4. The van der Waals surface area contributed by atoms with Crippen LogP contribution in [0.3, 0.4) is 0 Å². The number of hydrogen-bond acceptors (Lipinski definition) is 3. The molecule has 0 spiro atoms. The van der Waals surface area contributed by atoms with E-state index in [1.165, 1.54) is 24.3 Å². The van der Waals surface area contributed by atoms with Gasteiger partial charge in [-0.1, -0.05) is 56.2 Å². The van der Waals surface area contributed by atoms with E-state index in [4.69, 9.17) is 4.74 Å². The molecule has 0 bridgehead atoms. The molecule has 2 atom stereocenters. The highest BCUT2D eigenvalue weighted by atomic mass is 79.9. The zero-order valence-corrected chi connectivity index (χ0v) is 13.9. The molecule has 0 aliphatic heterocycles. The lowest BCUT2D eigenvalue weighted by molar-refractivity contribution is -0.187. The first-order valence-electron chi connectivity index (χ1n) is 6.04. The minimum Gasteiger partial charge on any atom is -0.479 e. The molecule has 0 amide bonds. The lowest BCUT2D eigenvalue weighted by atomic mass is 9.90. The van der Waals surface area contributed by atoms with E-state index in [9.17, 15) is 19.8 Å². The lowest BCUT2D eigenvalue weighted by Crippen LogP contribution is -2.52. The van der Waals surface area contributed by atoms with Gasteiger partial charge in [0, 0.05) is 12.8 Å². The standard InChI is InChI=1S/C14H12Br2O5/c15-9-3-1-5-13(7-9,11(17)18)21-14(12(19)20)6-2-4-10(16)8-14/h1-6H,7-8H2,(H,17,18)(H,19,20)/t13-,14-/m0/s1. The van der Waals surface area contributed by atoms with Crippen LogP contribution in [0.4, 0.5) is 0 Å². The normalized spacial score (nSPS) is 31.5. The lowest BCUT2D eigenvalue weighted by Gasteiger charge is -2.38. The number of halogens is 2. The molecule has 0 aromatic carbocycles. The second kappa shape index (κ2) is 5.90. The Morgan fingerprint density at radius 2 is 1.33 bits per heavy atom. The third-order valence-corrected chi connectivity index (χ3v) is 4.33. The molecule has 0 saturated carbocycles. The quantitative estimate of drug-likeness (QED) is 0.731. The van der Waals surface area contributed by atoms with E-state index in [1.807, 2.05) is 0 Å². The van der Waals surface area contributed by atoms with Crippen LogP contribution in [0.5, 0.6) is 0 Å². The molecule has 0 heterocycles. The first kappa shape index (κ1) is 16.2. The van der Waals surface area contributed by atoms with E-state index in [1.54, 1.807) is 12.2 Å². The van der Waals surface area contributed by atoms with Crippen LogP contribution in [0.15, 0.2) is 45.4 Å². The fourth-order valence-electron chi connectivity index (χ4n) is 2.20. The van der Waals surface area contributed by atoms with Crippen molar-refractivity contribution in [2.24, 2.45) is 0 Å². The Labute approximate surface area is 137 Å². The second-order valence-electron chi connectivity index (χ2n) is 4.79. The predicted octanol–water partition coefficient (Wildman–Crippen LogP) is 3.13. The van der Waals surface area contributed by atoms with E-state index >= 15 is 0 Å². The van der Waals surface area contributed by atoms with Crippen molar-refractivity contribution in [1.82, 2.24) is 0 Å². The smallest absolute Gasteiger partial charge is 0.340 e. The predicted molar refractivity (Wildman–Crippen MR) is 83.4 cm³/mol. The fourth-order valence-corrected chi connectivity index (χ4v) is 3.34. The number of carboxylic acids is 2. The van der Waals surface area contributed by atoms with Gasteiger partial charge in [0.1, 0.15) is 0 Å². The highest BCUT2D eigenvalue weighted by Gasteiger charge is 2.50. The van der Waals surface area contributed by atoms with E-state index in [0.29, 0.717) is 8.96 Å². The molecule has 21 heavy (non-hydrogen) atoms. The molecular formula is C14H12Br2O5. The Balaban J connectivity index is 2.40. The molecule has 2 rings (SSSR count). The van der Waals surface area contributed by atoms with Crippen molar-refractivity contribution in [3.63, 3.8) is 0 Å². The van der Waals surface area contributed by atoms with Crippen molar-refractivity contribution in [3.05, 3.63) is 45.4 Å². The number of hydrogen-bond donors (Lipinski definition) is 2. The van der Waals surface area contributed by atoms with Crippen LogP contribution in [0.2, 0.25) is 0 Å². The summed E-state index contributed by atoms with van der Waals surface area (Å²) in [7, 11) is 0. The van der Waals surface area contributed by atoms with Gasteiger partial charge in [0.2, 0.25) is 0 Å². The highest BCUT2D eigenvalue weighted by Crippen LogP contribution is 2.39. The Kier molecular flexibility index (Phi) is 4.55. The first-order valence-corrected chi connectivity index (χ1v) is 7.63. The summed E-state index contributed by atoms with van der Waals surface area (Å²) in [6, 6.07) is 0. The Bertz CT molecular complexity index is 552. The SMILES string of the molecule is O=C(O)[C@]1(O[C@@]2(C(=O)O)C=CC=C(Br)C2)C=CC=C(Br)C1. The summed E-state index contributed by atoms with van der Waals surface area (Å²) in [4.78, 5) is 23.3. The van der Waals surface area contributed by atoms with Gasteiger partial charge < -0.3 is 14.9 Å². The van der Waals surface area contributed by atoms with Crippen LogP contribution >= 0.6 is 31.9 Å². The van der Waals surface area contributed by atoms with Gasteiger partial charge in [0.05, 0.1) is 0 Å². The maximum Gasteiger partial charge on any atom is 0.340 e. The Morgan fingerprint density at radius 3 is 1.62 bits per heavy atom. The average molecular weight is 420 g/mol. The van der Waals surface area contributed by atoms with Gasteiger partial charge in [-0.15, -0.1) is 0 Å². The van der Waals surface area contributed by atoms with Crippen molar-refractivity contribution in [2.75, 3.05) is 0 Å². The maximum absolute atomic E-state index is 11.7. The van der Waals surface area contributed by atoms with Crippen molar-refractivity contribution in [3.8, 4) is 0 Å². The first-order chi connectivity index (χ1) is 9.80. The summed E-state index contributed by atoms with van der Waals surface area (Å²) in [5.41, 5.74) is -3.44. The van der Waals surface area contributed by atoms with Crippen molar-refractivity contribution in [1.29, 1.82) is 0 Å². The van der Waals surface area contributed by atoms with E-state index < -0.39 is 23.1 Å². The summed E-state index contributed by atoms with van der Waals surface area (Å²) in [5.74, 6) is -2.47. The maximum atomic E-state index is 11.7. The van der Waals surface area contributed by atoms with Crippen molar-refractivity contribution in [2.45, 2.75) is 24.0 Å². The van der Waals surface area contributed by atoms with E-state index in [0.717, 1.165) is 0 Å². The largest absolute Gasteiger partial charge is 0.479 e. The third-order valence-electron chi connectivity index (χ3n) is 3.24. The molecule has 2 aliphatic carbocycles. The monoisotopic (exact) mass is 418 g/mol. The van der Waals surface area contributed by atoms with Gasteiger partial charge in [-0.3, -0.25) is 0 Å². The van der Waals surface area contributed by atoms with Crippen LogP contribution in [0, 0.1) is 0 Å². The molecule has 2 aliphatic rings. The molecule has 5 nitrogen and oxygen atoms in total. The van der Waals surface area contributed by atoms with Crippen LogP contribution in [0.1, 0.15) is 12.8 Å². The number of carboxylic acid groups (broad SMARTS) is 2. The van der Waals surface area contributed by atoms with Gasteiger partial charge in [-0.05, 0) is 21.1 Å². The second-order valence-corrected chi connectivity index (χ2v) is 6.83. The fraction of sp³-hybridized carbons (Fsp3) is 0.286. The van der Waals surface area contributed by atoms with Crippen LogP contribution in [0.25, 0.3) is 0 Å². The minimum atomic E-state index is -1.72. The summed E-state index contributed by atoms with van der Waals surface area (Å²) in [5, 5.41) is 19.1. The van der Waals surface area contributed by atoms with Gasteiger partial charge in [-0.2, -0.15) is 0 Å². The molecule has 0 radical (unpaired) electrons. The molecule has 7 heteroatoms. The summed E-state index contributed by atoms with van der Waals surface area (Å²) in [6.07, 6.45) is 9.26. The van der Waals surface area contributed by atoms with Crippen LogP contribution < -0.4 is 0 Å². The number of ether oxygens (including phenoxy) is 1. The third kappa shape index (κ3) is 3.20. The van der Waals surface area contributed by atoms with E-state index in [2.05, 4.69) is 31.9 Å². The van der Waals surface area contributed by atoms with Gasteiger partial charge in [-0.25, -0.2) is 9.59 Å². The van der Waals surface area contributed by atoms with E-state index in [-0.39, 0.29) is 12.8 Å². The Morgan fingerprint density at radius 1 is 0.952 bits per heavy atom. The molecule has 0 aromatic rings. The number of aliphatic carboxylic acids is 2. The minimum absolute atomic E-state index is 0.0308. The molecule has 2 N–H and O–H groups in total. The number of carbonyl (C=O) groups is 2. The van der Waals surface area contributed by atoms with Gasteiger partial charge in [0.15, 0.2) is 11.2 Å². The molecular weight excluding hydrogens is 408 g/mol. The molecule has 112 valence electrons.